The van der Waals surface area contributed by atoms with Crippen molar-refractivity contribution in [1.29, 1.82) is 0 Å². The van der Waals surface area contributed by atoms with Gasteiger partial charge >= 0.3 is 0 Å². The second-order valence-corrected chi connectivity index (χ2v) is 8.08. The van der Waals surface area contributed by atoms with Gasteiger partial charge in [-0.25, -0.2) is 12.8 Å². The lowest BCUT2D eigenvalue weighted by Gasteiger charge is -2.09. The Labute approximate surface area is 164 Å². The highest BCUT2D eigenvalue weighted by Gasteiger charge is 2.16. The minimum atomic E-state index is -3.89. The van der Waals surface area contributed by atoms with E-state index in [1.54, 1.807) is 41.8 Å². The molecule has 0 spiro atoms. The first-order valence-electron chi connectivity index (χ1n) is 8.11. The third kappa shape index (κ3) is 3.41. The molecule has 1 N–H and O–H groups in total. The molecule has 2 heterocycles. The lowest BCUT2D eigenvalue weighted by Crippen LogP contribution is -2.13. The lowest BCUT2D eigenvalue weighted by molar-refractivity contribution is 0.599. The molecule has 0 atom stereocenters. The molecule has 0 radical (unpaired) electrons. The number of rotatable bonds is 4. The fourth-order valence-electron chi connectivity index (χ4n) is 2.62. The van der Waals surface area contributed by atoms with Crippen molar-refractivity contribution in [3.8, 4) is 11.3 Å². The second-order valence-electron chi connectivity index (χ2n) is 5.99. The van der Waals surface area contributed by atoms with Crippen LogP contribution in [0.2, 0.25) is 5.02 Å². The van der Waals surface area contributed by atoms with Crippen molar-refractivity contribution in [2.45, 2.75) is 11.8 Å². The molecule has 0 aliphatic heterocycles. The molecule has 4 rings (SSSR count). The van der Waals surface area contributed by atoms with Crippen LogP contribution in [0.3, 0.4) is 0 Å². The highest BCUT2D eigenvalue weighted by atomic mass is 35.5. The van der Waals surface area contributed by atoms with Crippen LogP contribution in [0.4, 0.5) is 10.1 Å². The summed E-state index contributed by atoms with van der Waals surface area (Å²) in [6.45, 7) is 1.80. The summed E-state index contributed by atoms with van der Waals surface area (Å²) in [5, 5.41) is 12.2. The Balaban J connectivity index is 1.60. The van der Waals surface area contributed by atoms with Crippen LogP contribution >= 0.6 is 11.6 Å². The van der Waals surface area contributed by atoms with Gasteiger partial charge in [0.1, 0.15) is 5.82 Å². The number of fused-ring (bicyclic) bond motifs is 1. The van der Waals surface area contributed by atoms with Crippen molar-refractivity contribution in [3.05, 3.63) is 71.3 Å². The minimum Gasteiger partial charge on any atom is -0.280 e. The average Bonchev–Trinajstić information content (AvgIpc) is 3.04. The molecule has 2 aromatic heterocycles. The Bertz CT molecular complexity index is 1290. The van der Waals surface area contributed by atoms with Crippen molar-refractivity contribution in [2.75, 3.05) is 4.72 Å². The van der Waals surface area contributed by atoms with Crippen LogP contribution in [0.15, 0.2) is 59.5 Å². The number of sulfonamides is 1. The van der Waals surface area contributed by atoms with E-state index in [0.29, 0.717) is 22.9 Å². The van der Waals surface area contributed by atoms with Crippen LogP contribution in [0.5, 0.6) is 0 Å². The first-order valence-corrected chi connectivity index (χ1v) is 9.97. The summed E-state index contributed by atoms with van der Waals surface area (Å²) >= 11 is 5.67. The summed E-state index contributed by atoms with van der Waals surface area (Å²) in [5.41, 5.74) is 2.48. The van der Waals surface area contributed by atoms with Gasteiger partial charge in [-0.2, -0.15) is 9.61 Å². The van der Waals surface area contributed by atoms with Crippen LogP contribution in [0.1, 0.15) is 5.82 Å². The highest BCUT2D eigenvalue weighted by molar-refractivity contribution is 7.92. The number of hydrogen-bond donors (Lipinski definition) is 1. The maximum atomic E-state index is 13.3. The third-order valence-electron chi connectivity index (χ3n) is 4.05. The summed E-state index contributed by atoms with van der Waals surface area (Å²) in [6, 6.07) is 13.5. The summed E-state index contributed by atoms with van der Waals surface area (Å²) in [6.07, 6.45) is 0. The quantitative estimate of drug-likeness (QED) is 0.547. The van der Waals surface area contributed by atoms with Gasteiger partial charge in [0.25, 0.3) is 10.0 Å². The third-order valence-corrected chi connectivity index (χ3v) is 5.72. The van der Waals surface area contributed by atoms with Crippen LogP contribution < -0.4 is 4.72 Å². The van der Waals surface area contributed by atoms with Crippen LogP contribution in [-0.2, 0) is 10.0 Å². The number of nitrogens with zero attached hydrogens (tertiary/aromatic N) is 4. The Morgan fingerprint density at radius 2 is 1.79 bits per heavy atom. The van der Waals surface area contributed by atoms with Gasteiger partial charge in [-0.3, -0.25) is 4.72 Å². The molecular weight excluding hydrogens is 405 g/mol. The molecule has 0 fully saturated rings. The number of halogens is 2. The fourth-order valence-corrected chi connectivity index (χ4v) is 3.95. The molecule has 10 heteroatoms. The molecule has 0 bridgehead atoms. The van der Waals surface area contributed by atoms with E-state index in [4.69, 9.17) is 11.6 Å². The van der Waals surface area contributed by atoms with Gasteiger partial charge in [-0.1, -0.05) is 23.7 Å². The largest absolute Gasteiger partial charge is 0.280 e. The van der Waals surface area contributed by atoms with E-state index in [0.717, 1.165) is 23.8 Å². The second kappa shape index (κ2) is 6.84. The maximum Gasteiger partial charge on any atom is 0.261 e. The first-order chi connectivity index (χ1) is 13.3. The SMILES string of the molecule is Cc1nnc2ccc(-c3ccc(NS(=O)(=O)c4ccc(F)c(Cl)c4)cc3)nn12. The van der Waals surface area contributed by atoms with Gasteiger partial charge in [-0.15, -0.1) is 10.2 Å². The molecule has 2 aromatic carbocycles. The molecule has 142 valence electrons. The van der Waals surface area contributed by atoms with E-state index in [9.17, 15) is 12.8 Å². The molecule has 28 heavy (non-hydrogen) atoms. The zero-order chi connectivity index (χ0) is 19.9. The predicted octanol–water partition coefficient (Wildman–Crippen LogP) is 3.69. The molecule has 0 aliphatic rings. The maximum absolute atomic E-state index is 13.3. The van der Waals surface area contributed by atoms with Gasteiger partial charge < -0.3 is 0 Å². The normalized spacial score (nSPS) is 11.7. The predicted molar refractivity (Wildman–Crippen MR) is 103 cm³/mol. The van der Waals surface area contributed by atoms with Gasteiger partial charge in [0, 0.05) is 11.3 Å². The van der Waals surface area contributed by atoms with Crippen molar-refractivity contribution in [3.63, 3.8) is 0 Å². The Kier molecular flexibility index (Phi) is 4.48. The zero-order valence-corrected chi connectivity index (χ0v) is 16.0. The van der Waals surface area contributed by atoms with E-state index in [2.05, 4.69) is 20.0 Å². The van der Waals surface area contributed by atoms with Gasteiger partial charge in [0.15, 0.2) is 11.5 Å². The standard InChI is InChI=1S/C18H13ClFN5O2S/c1-11-21-22-18-9-8-17(23-25(11)18)12-2-4-13(5-3-12)24-28(26,27)14-6-7-16(20)15(19)10-14/h2-10,24H,1H3. The molecule has 0 saturated carbocycles. The van der Waals surface area contributed by atoms with E-state index < -0.39 is 15.8 Å². The highest BCUT2D eigenvalue weighted by Crippen LogP contribution is 2.24. The minimum absolute atomic E-state index is 0.127. The van der Waals surface area contributed by atoms with Crippen LogP contribution in [0.25, 0.3) is 16.9 Å². The number of hydrogen-bond acceptors (Lipinski definition) is 5. The number of aryl methyl sites for hydroxylation is 1. The summed E-state index contributed by atoms with van der Waals surface area (Å²) in [4.78, 5) is -0.127. The summed E-state index contributed by atoms with van der Waals surface area (Å²) in [7, 11) is -3.89. The van der Waals surface area contributed by atoms with Crippen LogP contribution in [-0.4, -0.2) is 28.2 Å². The summed E-state index contributed by atoms with van der Waals surface area (Å²) < 4.78 is 42.2. The Morgan fingerprint density at radius 3 is 2.50 bits per heavy atom. The molecule has 4 aromatic rings. The average molecular weight is 418 g/mol. The molecule has 0 amide bonds. The molecule has 0 aliphatic carbocycles. The van der Waals surface area contributed by atoms with Crippen molar-refractivity contribution >= 4 is 33.0 Å². The number of aromatic nitrogens is 4. The van der Waals surface area contributed by atoms with Crippen molar-refractivity contribution in [1.82, 2.24) is 19.8 Å². The monoisotopic (exact) mass is 417 g/mol. The number of nitrogens with one attached hydrogen (secondary N) is 1. The van der Waals surface area contributed by atoms with Crippen molar-refractivity contribution in [2.24, 2.45) is 0 Å². The Morgan fingerprint density at radius 1 is 1.04 bits per heavy atom. The molecule has 7 nitrogen and oxygen atoms in total. The number of benzene rings is 2. The molecule has 0 saturated heterocycles. The topological polar surface area (TPSA) is 89.2 Å². The fraction of sp³-hybridized carbons (Fsp3) is 0.0556. The van der Waals surface area contributed by atoms with E-state index in [-0.39, 0.29) is 9.92 Å². The van der Waals surface area contributed by atoms with Crippen LogP contribution in [0, 0.1) is 12.7 Å². The van der Waals surface area contributed by atoms with E-state index in [1.165, 1.54) is 0 Å². The van der Waals surface area contributed by atoms with Gasteiger partial charge in [-0.05, 0) is 49.4 Å². The van der Waals surface area contributed by atoms with Gasteiger partial charge in [0.2, 0.25) is 0 Å². The number of anilines is 1. The van der Waals surface area contributed by atoms with Gasteiger partial charge in [0.05, 0.1) is 15.6 Å². The Hall–Kier alpha value is -3.04. The molecular formula is C18H13ClFN5O2S. The van der Waals surface area contributed by atoms with E-state index in [1.807, 2.05) is 6.07 Å². The first kappa shape index (κ1) is 18.3. The van der Waals surface area contributed by atoms with E-state index >= 15 is 0 Å². The lowest BCUT2D eigenvalue weighted by atomic mass is 10.1. The molecule has 0 unspecified atom stereocenters. The zero-order valence-electron chi connectivity index (χ0n) is 14.5. The summed E-state index contributed by atoms with van der Waals surface area (Å²) in [5.74, 6) is -0.0167. The van der Waals surface area contributed by atoms with Crippen molar-refractivity contribution < 1.29 is 12.8 Å². The smallest absolute Gasteiger partial charge is 0.261 e.